The first kappa shape index (κ1) is 6.49. The Labute approximate surface area is 58.6 Å². The molecule has 0 aromatic heterocycles. The highest BCUT2D eigenvalue weighted by Gasteiger charge is 2.06. The number of aliphatic hydroxyl groups is 1. The van der Waals surface area contributed by atoms with Crippen molar-refractivity contribution in [3.05, 3.63) is 22.6 Å². The maximum Gasteiger partial charge on any atom is 0.135 e. The summed E-state index contributed by atoms with van der Waals surface area (Å²) in [5.74, 6) is 0.117. The van der Waals surface area contributed by atoms with Crippen molar-refractivity contribution >= 4 is 11.6 Å². The molecule has 0 radical (unpaired) electrons. The van der Waals surface area contributed by atoms with E-state index in [4.69, 9.17) is 22.4 Å². The van der Waals surface area contributed by atoms with Crippen molar-refractivity contribution in [1.82, 2.24) is 0 Å². The summed E-state index contributed by atoms with van der Waals surface area (Å²) in [6.45, 7) is 0. The van der Waals surface area contributed by atoms with Crippen LogP contribution in [0.3, 0.4) is 0 Å². The van der Waals surface area contributed by atoms with Gasteiger partial charge in [-0.1, -0.05) is 11.6 Å². The van der Waals surface area contributed by atoms with Crippen molar-refractivity contribution in [2.45, 2.75) is 12.8 Å². The Balaban J connectivity index is 2.83. The van der Waals surface area contributed by atoms with Crippen LogP contribution < -0.4 is 5.73 Å². The molecule has 0 fully saturated rings. The number of halogens is 1. The topological polar surface area (TPSA) is 46.2 Å². The number of hydrogen-bond acceptors (Lipinski definition) is 2. The van der Waals surface area contributed by atoms with Crippen molar-refractivity contribution in [2.24, 2.45) is 5.73 Å². The van der Waals surface area contributed by atoms with Gasteiger partial charge in [0, 0.05) is 5.03 Å². The molecule has 0 aliphatic heterocycles. The minimum absolute atomic E-state index is 0.117. The molecule has 50 valence electrons. The van der Waals surface area contributed by atoms with Crippen LogP contribution in [-0.4, -0.2) is 5.11 Å². The van der Waals surface area contributed by atoms with E-state index in [1.54, 1.807) is 0 Å². The van der Waals surface area contributed by atoms with Gasteiger partial charge in [-0.15, -0.1) is 0 Å². The van der Waals surface area contributed by atoms with Gasteiger partial charge in [-0.2, -0.15) is 0 Å². The van der Waals surface area contributed by atoms with Crippen LogP contribution >= 0.6 is 11.6 Å². The van der Waals surface area contributed by atoms with Crippen LogP contribution in [0.25, 0.3) is 0 Å². The van der Waals surface area contributed by atoms with Gasteiger partial charge < -0.3 is 10.8 Å². The van der Waals surface area contributed by atoms with E-state index in [2.05, 4.69) is 0 Å². The summed E-state index contributed by atoms with van der Waals surface area (Å²) >= 11 is 5.59. The van der Waals surface area contributed by atoms with E-state index in [-0.39, 0.29) is 5.76 Å². The molecule has 0 saturated heterocycles. The smallest absolute Gasteiger partial charge is 0.135 e. The zero-order chi connectivity index (χ0) is 6.85. The van der Waals surface area contributed by atoms with E-state index in [0.717, 1.165) is 6.42 Å². The molecule has 0 unspecified atom stereocenters. The van der Waals surface area contributed by atoms with Gasteiger partial charge in [0.15, 0.2) is 0 Å². The normalized spacial score (nSPS) is 19.9. The summed E-state index contributed by atoms with van der Waals surface area (Å²) in [5, 5.41) is 9.61. The third-order valence-corrected chi connectivity index (χ3v) is 1.55. The van der Waals surface area contributed by atoms with Crippen LogP contribution in [0, 0.1) is 0 Å². The third kappa shape index (κ3) is 1.39. The minimum atomic E-state index is 0.117. The average molecular weight is 146 g/mol. The van der Waals surface area contributed by atoms with Gasteiger partial charge in [0.2, 0.25) is 0 Å². The standard InChI is InChI=1S/C6H8ClNO/c7-4-1-2-5(8)6(9)3-4/h3,9H,1-2,8H2. The molecular weight excluding hydrogens is 138 g/mol. The van der Waals surface area contributed by atoms with Gasteiger partial charge in [-0.05, 0) is 18.9 Å². The van der Waals surface area contributed by atoms with Crippen LogP contribution in [-0.2, 0) is 0 Å². The Morgan fingerprint density at radius 1 is 1.56 bits per heavy atom. The summed E-state index contributed by atoms with van der Waals surface area (Å²) in [5.41, 5.74) is 5.89. The molecule has 0 heterocycles. The fraction of sp³-hybridized carbons (Fsp3) is 0.333. The monoisotopic (exact) mass is 145 g/mol. The Morgan fingerprint density at radius 3 is 2.67 bits per heavy atom. The van der Waals surface area contributed by atoms with Crippen LogP contribution in [0.15, 0.2) is 22.6 Å². The zero-order valence-electron chi connectivity index (χ0n) is 4.89. The van der Waals surface area contributed by atoms with Gasteiger partial charge in [0.1, 0.15) is 5.76 Å². The van der Waals surface area contributed by atoms with E-state index in [0.29, 0.717) is 17.2 Å². The zero-order valence-corrected chi connectivity index (χ0v) is 5.65. The fourth-order valence-corrected chi connectivity index (χ4v) is 0.893. The number of rotatable bonds is 0. The summed E-state index contributed by atoms with van der Waals surface area (Å²) in [7, 11) is 0. The molecular formula is C6H8ClNO. The number of nitrogens with two attached hydrogens (primary N) is 1. The second-order valence-corrected chi connectivity index (χ2v) is 2.49. The third-order valence-electron chi connectivity index (χ3n) is 1.26. The molecule has 2 nitrogen and oxygen atoms in total. The van der Waals surface area contributed by atoms with E-state index in [9.17, 15) is 0 Å². The molecule has 0 amide bonds. The lowest BCUT2D eigenvalue weighted by molar-refractivity contribution is 0.418. The van der Waals surface area contributed by atoms with Crippen LogP contribution in [0.4, 0.5) is 0 Å². The first-order valence-corrected chi connectivity index (χ1v) is 3.11. The van der Waals surface area contributed by atoms with E-state index in [1.165, 1.54) is 6.08 Å². The molecule has 0 atom stereocenters. The average Bonchev–Trinajstić information content (AvgIpc) is 1.80. The summed E-state index contributed by atoms with van der Waals surface area (Å²) < 4.78 is 0. The Bertz CT molecular complexity index is 183. The highest BCUT2D eigenvalue weighted by atomic mass is 35.5. The largest absolute Gasteiger partial charge is 0.506 e. The maximum absolute atomic E-state index is 8.94. The lowest BCUT2D eigenvalue weighted by atomic mass is 10.1. The number of hydrogen-bond donors (Lipinski definition) is 2. The molecule has 1 aliphatic rings. The van der Waals surface area contributed by atoms with Gasteiger partial charge in [-0.3, -0.25) is 0 Å². The highest BCUT2D eigenvalue weighted by molar-refractivity contribution is 6.29. The molecule has 1 aliphatic carbocycles. The number of allylic oxidation sites excluding steroid dienone is 3. The van der Waals surface area contributed by atoms with Crippen molar-refractivity contribution < 1.29 is 5.11 Å². The quantitative estimate of drug-likeness (QED) is 0.544. The van der Waals surface area contributed by atoms with E-state index >= 15 is 0 Å². The second kappa shape index (κ2) is 2.31. The van der Waals surface area contributed by atoms with E-state index < -0.39 is 0 Å². The molecule has 0 spiro atoms. The number of aliphatic hydroxyl groups excluding tert-OH is 1. The van der Waals surface area contributed by atoms with Crippen molar-refractivity contribution in [2.75, 3.05) is 0 Å². The Morgan fingerprint density at radius 2 is 2.22 bits per heavy atom. The predicted molar refractivity (Wildman–Crippen MR) is 37.0 cm³/mol. The van der Waals surface area contributed by atoms with Crippen molar-refractivity contribution in [3.63, 3.8) is 0 Å². The Hall–Kier alpha value is -0.630. The molecule has 9 heavy (non-hydrogen) atoms. The van der Waals surface area contributed by atoms with Crippen LogP contribution in [0.2, 0.25) is 0 Å². The first-order chi connectivity index (χ1) is 4.20. The molecule has 0 aromatic rings. The SMILES string of the molecule is NC1=C(O)C=C(Cl)CC1. The molecule has 0 bridgehead atoms. The van der Waals surface area contributed by atoms with Crippen LogP contribution in [0.5, 0.6) is 0 Å². The van der Waals surface area contributed by atoms with Crippen molar-refractivity contribution in [3.8, 4) is 0 Å². The van der Waals surface area contributed by atoms with Gasteiger partial charge >= 0.3 is 0 Å². The van der Waals surface area contributed by atoms with Crippen molar-refractivity contribution in [1.29, 1.82) is 0 Å². The fourth-order valence-electron chi connectivity index (χ4n) is 0.695. The molecule has 0 saturated carbocycles. The second-order valence-electron chi connectivity index (χ2n) is 2.00. The molecule has 0 aromatic carbocycles. The highest BCUT2D eigenvalue weighted by Crippen LogP contribution is 2.21. The molecule has 3 heteroatoms. The van der Waals surface area contributed by atoms with Gasteiger partial charge in [0.25, 0.3) is 0 Å². The van der Waals surface area contributed by atoms with E-state index in [1.807, 2.05) is 0 Å². The lowest BCUT2D eigenvalue weighted by Gasteiger charge is -2.08. The Kier molecular flexibility index (Phi) is 1.67. The maximum atomic E-state index is 8.94. The summed E-state index contributed by atoms with van der Waals surface area (Å²) in [6, 6.07) is 0. The first-order valence-electron chi connectivity index (χ1n) is 2.74. The molecule has 3 N–H and O–H groups in total. The summed E-state index contributed by atoms with van der Waals surface area (Å²) in [6.07, 6.45) is 2.90. The predicted octanol–water partition coefficient (Wildman–Crippen LogP) is 1.63. The van der Waals surface area contributed by atoms with Gasteiger partial charge in [-0.25, -0.2) is 0 Å². The van der Waals surface area contributed by atoms with Gasteiger partial charge in [0.05, 0.1) is 5.70 Å². The lowest BCUT2D eigenvalue weighted by Crippen LogP contribution is -2.04. The minimum Gasteiger partial charge on any atom is -0.506 e. The summed E-state index contributed by atoms with van der Waals surface area (Å²) in [4.78, 5) is 0. The van der Waals surface area contributed by atoms with Crippen LogP contribution in [0.1, 0.15) is 12.8 Å². The molecule has 1 rings (SSSR count).